The first-order chi connectivity index (χ1) is 20.6. The van der Waals surface area contributed by atoms with Crippen molar-refractivity contribution >= 4 is 43.2 Å². The second kappa shape index (κ2) is 13.2. The first-order valence-electron chi connectivity index (χ1n) is 16.7. The van der Waals surface area contributed by atoms with Crippen LogP contribution >= 0.6 is 0 Å². The van der Waals surface area contributed by atoms with Gasteiger partial charge in [-0.05, 0) is 0 Å². The molecule has 0 radical (unpaired) electrons. The van der Waals surface area contributed by atoms with Crippen LogP contribution in [0.5, 0.6) is 0 Å². The maximum absolute atomic E-state index is 2.55. The number of benzene rings is 4. The molecule has 0 spiro atoms. The number of hydrogen-bond donors (Lipinski definition) is 0. The van der Waals surface area contributed by atoms with Crippen LogP contribution in [-0.2, 0) is 19.2 Å². The summed E-state index contributed by atoms with van der Waals surface area (Å²) in [6, 6.07) is 31.0. The molecular weight excluding hydrogens is 556 g/mol. The third-order valence-electron chi connectivity index (χ3n) is 10.2. The molecule has 0 saturated carbocycles. The third-order valence-corrected chi connectivity index (χ3v) is 15.5. The van der Waals surface area contributed by atoms with Gasteiger partial charge in [-0.15, -0.1) is 0 Å². The Labute approximate surface area is 265 Å². The summed E-state index contributed by atoms with van der Waals surface area (Å²) in [5, 5.41) is 5.57. The second-order valence-corrected chi connectivity index (χ2v) is 18.0. The van der Waals surface area contributed by atoms with Crippen molar-refractivity contribution in [3.63, 3.8) is 0 Å². The fraction of sp³-hybridized carbons (Fsp3) is 0.400. The number of hydrogen-bond acceptors (Lipinski definition) is 0. The van der Waals surface area contributed by atoms with Gasteiger partial charge in [-0.25, -0.2) is 0 Å². The van der Waals surface area contributed by atoms with Crippen molar-refractivity contribution in [1.29, 1.82) is 0 Å². The van der Waals surface area contributed by atoms with Crippen molar-refractivity contribution in [2.45, 2.75) is 98.6 Å². The van der Waals surface area contributed by atoms with E-state index in [-0.39, 0.29) is 19.2 Å². The van der Waals surface area contributed by atoms with Gasteiger partial charge in [-0.1, -0.05) is 24.9 Å². The van der Waals surface area contributed by atoms with E-state index >= 15 is 0 Å². The van der Waals surface area contributed by atoms with Gasteiger partial charge >= 0.3 is 233 Å². The summed E-state index contributed by atoms with van der Waals surface area (Å²) in [5.74, 6) is 1.02. The zero-order valence-corrected chi connectivity index (χ0v) is 29.3. The van der Waals surface area contributed by atoms with E-state index in [4.69, 9.17) is 0 Å². The van der Waals surface area contributed by atoms with E-state index in [9.17, 15) is 0 Å². The predicted octanol–water partition coefficient (Wildman–Crippen LogP) is 11.7. The first-order valence-corrected chi connectivity index (χ1v) is 20.6. The van der Waals surface area contributed by atoms with E-state index in [0.717, 1.165) is 0 Å². The number of unbranched alkanes of at least 4 members (excludes halogenated alkanes) is 1. The summed E-state index contributed by atoms with van der Waals surface area (Å²) in [7, 11) is 0.543. The summed E-state index contributed by atoms with van der Waals surface area (Å²) in [4.78, 5) is 0. The van der Waals surface area contributed by atoms with Crippen LogP contribution in [0.4, 0.5) is 0 Å². The third kappa shape index (κ3) is 5.47. The second-order valence-electron chi connectivity index (χ2n) is 13.1. The van der Waals surface area contributed by atoms with Crippen LogP contribution in [0.25, 0.3) is 33.7 Å². The maximum atomic E-state index is 2.55. The molecule has 2 heteroatoms. The van der Waals surface area contributed by atoms with Gasteiger partial charge in [-0.3, -0.25) is 0 Å². The molecule has 2 unspecified atom stereocenters. The number of allylic oxidation sites excluding steroid dienone is 2. The van der Waals surface area contributed by atoms with Crippen molar-refractivity contribution in [2.24, 2.45) is 0 Å². The molecule has 0 amide bonds. The predicted molar refractivity (Wildman–Crippen MR) is 185 cm³/mol. The molecule has 216 valence electrons. The van der Waals surface area contributed by atoms with Crippen LogP contribution in [-0.4, -0.2) is 9.52 Å². The average Bonchev–Trinajstić information content (AvgIpc) is 3.77. The molecule has 7 rings (SSSR count). The topological polar surface area (TPSA) is 0 Å². The molecule has 0 aromatic heterocycles. The van der Waals surface area contributed by atoms with E-state index in [1.54, 1.807) is 47.2 Å². The normalized spacial score (nSPS) is 20.4. The van der Waals surface area contributed by atoms with Crippen molar-refractivity contribution in [3.05, 3.63) is 106 Å². The van der Waals surface area contributed by atoms with Crippen molar-refractivity contribution in [3.8, 4) is 0 Å². The Kier molecular flexibility index (Phi) is 9.39. The van der Waals surface area contributed by atoms with E-state index in [1.165, 1.54) is 63.1 Å². The Bertz CT molecular complexity index is 1510. The summed E-state index contributed by atoms with van der Waals surface area (Å²) in [6.45, 7) is 9.65. The molecular formula is C40H48SiTi. The Hall–Kier alpha value is -2.19. The zero-order chi connectivity index (χ0) is 29.1. The van der Waals surface area contributed by atoms with Crippen LogP contribution in [0.1, 0.15) is 100 Å². The van der Waals surface area contributed by atoms with Gasteiger partial charge in [-0.2, -0.15) is 0 Å². The van der Waals surface area contributed by atoms with Gasteiger partial charge in [0.15, 0.2) is 0 Å². The molecule has 2 atom stereocenters. The van der Waals surface area contributed by atoms with E-state index < -0.39 is 0 Å². The van der Waals surface area contributed by atoms with Gasteiger partial charge in [0.25, 0.3) is 0 Å². The SMILES string of the molecule is C1CC[SiH2]C1.CCC[CH2][Ti][C](CCC)(C1C(C)=Cc2c1ccc1ccccc21)C1C(C)=Cc2c1ccc1ccccc21. The zero-order valence-electron chi connectivity index (χ0n) is 26.3. The molecule has 2 aliphatic carbocycles. The Morgan fingerprint density at radius 3 is 1.67 bits per heavy atom. The quantitative estimate of drug-likeness (QED) is 0.139. The summed E-state index contributed by atoms with van der Waals surface area (Å²) in [5.41, 5.74) is 9.33. The van der Waals surface area contributed by atoms with E-state index in [1.807, 2.05) is 0 Å². The Morgan fingerprint density at radius 1 is 0.690 bits per heavy atom. The van der Waals surface area contributed by atoms with Crippen LogP contribution in [0.3, 0.4) is 0 Å². The van der Waals surface area contributed by atoms with E-state index in [2.05, 4.69) is 113 Å². The first kappa shape index (κ1) is 29.9. The molecule has 1 fully saturated rings. The fourth-order valence-electron chi connectivity index (χ4n) is 8.47. The summed E-state index contributed by atoms with van der Waals surface area (Å²) < 4.78 is 1.72. The molecule has 42 heavy (non-hydrogen) atoms. The Balaban J connectivity index is 0.000000573. The molecule has 0 N–H and O–H groups in total. The van der Waals surface area contributed by atoms with Crippen LogP contribution in [0.2, 0.25) is 20.5 Å². The van der Waals surface area contributed by atoms with Gasteiger partial charge in [0.05, 0.1) is 0 Å². The molecule has 1 heterocycles. The van der Waals surface area contributed by atoms with Crippen LogP contribution in [0.15, 0.2) is 83.9 Å². The van der Waals surface area contributed by atoms with Crippen LogP contribution < -0.4 is 0 Å². The van der Waals surface area contributed by atoms with Gasteiger partial charge in [0.1, 0.15) is 0 Å². The summed E-state index contributed by atoms with van der Waals surface area (Å²) >= 11 is -0.223. The average molecular weight is 605 g/mol. The van der Waals surface area contributed by atoms with Crippen LogP contribution in [0, 0.1) is 0 Å². The molecule has 0 bridgehead atoms. The Morgan fingerprint density at radius 2 is 1.21 bits per heavy atom. The minimum atomic E-state index is -0.223. The monoisotopic (exact) mass is 604 g/mol. The van der Waals surface area contributed by atoms with Gasteiger partial charge < -0.3 is 0 Å². The minimum absolute atomic E-state index is 0.223. The van der Waals surface area contributed by atoms with Crippen molar-refractivity contribution in [2.75, 3.05) is 0 Å². The molecule has 1 saturated heterocycles. The fourth-order valence-corrected chi connectivity index (χ4v) is 14.3. The van der Waals surface area contributed by atoms with Gasteiger partial charge in [0, 0.05) is 9.52 Å². The molecule has 4 aromatic carbocycles. The van der Waals surface area contributed by atoms with Gasteiger partial charge in [0.2, 0.25) is 0 Å². The van der Waals surface area contributed by atoms with Crippen molar-refractivity contribution in [1.82, 2.24) is 0 Å². The van der Waals surface area contributed by atoms with Crippen molar-refractivity contribution < 1.29 is 19.2 Å². The molecule has 0 nitrogen and oxygen atoms in total. The standard InChI is InChI=1S/C32H29.C4H10Si.C4H9.Ti/c1-4-9-28(31-20(2)18-29-24-12-7-5-10-22(24)14-16-26(29)31)32-21(3)19-30-25-13-8-6-11-23(25)15-17-27(30)32;1-2-4-5-3-1;1-3-4-2;/h5-8,10-19,31-32H,4,9H2,1-3H3;1-5H2;1,3-4H2,2H3;. The number of rotatable bonds is 8. The molecule has 1 aliphatic heterocycles. The number of fused-ring (bicyclic) bond motifs is 6. The van der Waals surface area contributed by atoms with E-state index in [0.29, 0.717) is 25.1 Å². The summed E-state index contributed by atoms with van der Waals surface area (Å²) in [6.07, 6.45) is 13.4. The molecule has 4 aromatic rings. The molecule has 3 aliphatic rings.